The van der Waals surface area contributed by atoms with E-state index in [1.807, 2.05) is 41.3 Å². The second-order valence-electron chi connectivity index (χ2n) is 10.2. The van der Waals surface area contributed by atoms with E-state index in [1.54, 1.807) is 24.3 Å². The molecular formula is C31H27N3O6. The summed E-state index contributed by atoms with van der Waals surface area (Å²) in [6.07, 6.45) is 5.71. The number of non-ortho nitro benzene ring substituents is 1. The van der Waals surface area contributed by atoms with Gasteiger partial charge in [-0.25, -0.2) is 4.90 Å². The fourth-order valence-corrected chi connectivity index (χ4v) is 6.04. The fourth-order valence-electron chi connectivity index (χ4n) is 6.04. The number of hydrogen-bond acceptors (Lipinski definition) is 7. The molecule has 6 rings (SSSR count). The van der Waals surface area contributed by atoms with Crippen LogP contribution in [-0.4, -0.2) is 41.2 Å². The van der Waals surface area contributed by atoms with Crippen molar-refractivity contribution in [2.45, 2.75) is 31.8 Å². The molecule has 3 aliphatic rings. The highest BCUT2D eigenvalue weighted by Crippen LogP contribution is 2.50. The van der Waals surface area contributed by atoms with Crippen LogP contribution in [0.1, 0.15) is 35.7 Å². The Morgan fingerprint density at radius 1 is 0.975 bits per heavy atom. The predicted octanol–water partition coefficient (Wildman–Crippen LogP) is 5.05. The van der Waals surface area contributed by atoms with Gasteiger partial charge in [0.25, 0.3) is 5.69 Å². The summed E-state index contributed by atoms with van der Waals surface area (Å²) in [4.78, 5) is 55.9. The van der Waals surface area contributed by atoms with Crippen LogP contribution in [0.2, 0.25) is 0 Å². The minimum atomic E-state index is -1.01. The lowest BCUT2D eigenvalue weighted by Crippen LogP contribution is -2.48. The van der Waals surface area contributed by atoms with Gasteiger partial charge in [0.15, 0.2) is 5.78 Å². The zero-order valence-corrected chi connectivity index (χ0v) is 21.8. The zero-order valence-electron chi connectivity index (χ0n) is 21.8. The van der Waals surface area contributed by atoms with Gasteiger partial charge in [-0.3, -0.25) is 24.5 Å². The van der Waals surface area contributed by atoms with E-state index in [0.717, 1.165) is 24.1 Å². The second kappa shape index (κ2) is 10.1. The second-order valence-corrected chi connectivity index (χ2v) is 10.2. The molecule has 3 aliphatic heterocycles. The molecule has 0 aliphatic carbocycles. The maximum absolute atomic E-state index is 14.1. The number of para-hydroxylation sites is 1. The van der Waals surface area contributed by atoms with Gasteiger partial charge in [-0.1, -0.05) is 55.8 Å². The molecule has 0 radical (unpaired) electrons. The molecule has 9 nitrogen and oxygen atoms in total. The number of nitro groups is 1. The monoisotopic (exact) mass is 537 g/mol. The van der Waals surface area contributed by atoms with Crippen LogP contribution in [0.25, 0.3) is 6.08 Å². The normalized spacial score (nSPS) is 22.6. The van der Waals surface area contributed by atoms with Crippen LogP contribution in [0.15, 0.2) is 78.9 Å². The van der Waals surface area contributed by atoms with Crippen molar-refractivity contribution in [3.8, 4) is 5.75 Å². The van der Waals surface area contributed by atoms with Gasteiger partial charge in [-0.2, -0.15) is 0 Å². The van der Waals surface area contributed by atoms with E-state index >= 15 is 0 Å². The molecule has 2 saturated heterocycles. The van der Waals surface area contributed by atoms with Gasteiger partial charge in [0.05, 0.1) is 35.1 Å². The van der Waals surface area contributed by atoms with E-state index in [0.29, 0.717) is 18.0 Å². The molecule has 0 bridgehead atoms. The van der Waals surface area contributed by atoms with Crippen LogP contribution in [0, 0.1) is 22.0 Å². The summed E-state index contributed by atoms with van der Waals surface area (Å²) in [6.45, 7) is 2.65. The summed E-state index contributed by atoms with van der Waals surface area (Å²) in [5.74, 6) is -2.37. The van der Waals surface area contributed by atoms with Crippen LogP contribution in [-0.2, 0) is 9.59 Å². The average molecular weight is 538 g/mol. The third kappa shape index (κ3) is 4.05. The Balaban J connectivity index is 1.40. The van der Waals surface area contributed by atoms with E-state index < -0.39 is 40.5 Å². The molecule has 2 amide bonds. The van der Waals surface area contributed by atoms with Crippen LogP contribution >= 0.6 is 0 Å². The number of rotatable bonds is 8. The number of nitro benzene ring substituents is 1. The number of ether oxygens (including phenoxy) is 1. The summed E-state index contributed by atoms with van der Waals surface area (Å²) in [5.41, 5.74) is 1.94. The quantitative estimate of drug-likeness (QED) is 0.130. The number of Topliss-reactive ketones (excluding diaryl/α,β-unsaturated/α-hetero) is 1. The van der Waals surface area contributed by atoms with Gasteiger partial charge in [-0.05, 0) is 42.3 Å². The van der Waals surface area contributed by atoms with Gasteiger partial charge in [0.2, 0.25) is 11.8 Å². The summed E-state index contributed by atoms with van der Waals surface area (Å²) < 4.78 is 5.72. The van der Waals surface area contributed by atoms with E-state index in [1.165, 1.54) is 29.2 Å². The molecule has 9 heteroatoms. The van der Waals surface area contributed by atoms with Gasteiger partial charge < -0.3 is 9.64 Å². The maximum atomic E-state index is 14.1. The Hall–Kier alpha value is -4.79. The van der Waals surface area contributed by atoms with E-state index in [2.05, 4.69) is 6.92 Å². The van der Waals surface area contributed by atoms with Crippen LogP contribution in [0.3, 0.4) is 0 Å². The Bertz CT molecular complexity index is 1550. The molecule has 0 spiro atoms. The topological polar surface area (TPSA) is 110 Å². The number of carbonyl (C=O) groups excluding carboxylic acids is 3. The molecule has 3 heterocycles. The highest BCUT2D eigenvalue weighted by Gasteiger charge is 2.64. The molecule has 202 valence electrons. The van der Waals surface area contributed by atoms with Crippen LogP contribution < -0.4 is 14.5 Å². The zero-order chi connectivity index (χ0) is 28.0. The largest absolute Gasteiger partial charge is 0.494 e. The van der Waals surface area contributed by atoms with Crippen molar-refractivity contribution in [3.63, 3.8) is 0 Å². The summed E-state index contributed by atoms with van der Waals surface area (Å²) in [7, 11) is 0. The van der Waals surface area contributed by atoms with Crippen molar-refractivity contribution in [2.24, 2.45) is 11.8 Å². The number of amides is 2. The first-order chi connectivity index (χ1) is 19.4. The number of ketones is 1. The number of unbranched alkanes of at least 4 members (excludes halogenated alkanes) is 1. The van der Waals surface area contributed by atoms with Crippen LogP contribution in [0.4, 0.5) is 17.1 Å². The average Bonchev–Trinajstić information content (AvgIpc) is 3.45. The molecule has 0 saturated carbocycles. The molecule has 3 aromatic rings. The third-order valence-corrected chi connectivity index (χ3v) is 7.89. The molecule has 0 N–H and O–H groups in total. The maximum Gasteiger partial charge on any atom is 0.270 e. The number of benzene rings is 3. The predicted molar refractivity (Wildman–Crippen MR) is 149 cm³/mol. The SMILES string of the molecule is CCCCOc1ccc(N2C(=O)[C@@H]3[C@@H](C2=O)[C@@H](C(=O)c2cccc([N+](=O)[O-])c2)N2c4ccccc4C=C[C@H]32)cc1. The van der Waals surface area contributed by atoms with Crippen molar-refractivity contribution in [1.82, 2.24) is 0 Å². The Morgan fingerprint density at radius 3 is 2.48 bits per heavy atom. The van der Waals surface area contributed by atoms with Crippen molar-refractivity contribution in [3.05, 3.63) is 100 Å². The molecule has 3 aromatic carbocycles. The third-order valence-electron chi connectivity index (χ3n) is 7.89. The van der Waals surface area contributed by atoms with Crippen molar-refractivity contribution in [2.75, 3.05) is 16.4 Å². The first-order valence-corrected chi connectivity index (χ1v) is 13.4. The molecule has 0 aromatic heterocycles. The minimum Gasteiger partial charge on any atom is -0.494 e. The van der Waals surface area contributed by atoms with Crippen molar-refractivity contribution < 1.29 is 24.0 Å². The highest BCUT2D eigenvalue weighted by molar-refractivity contribution is 6.25. The summed E-state index contributed by atoms with van der Waals surface area (Å²) >= 11 is 0. The lowest BCUT2D eigenvalue weighted by Gasteiger charge is -2.36. The minimum absolute atomic E-state index is 0.123. The molecular weight excluding hydrogens is 510 g/mol. The molecule has 2 fully saturated rings. The molecule has 4 atom stereocenters. The number of imide groups is 1. The van der Waals surface area contributed by atoms with Gasteiger partial charge in [-0.15, -0.1) is 0 Å². The van der Waals surface area contributed by atoms with Gasteiger partial charge >= 0.3 is 0 Å². The lowest BCUT2D eigenvalue weighted by molar-refractivity contribution is -0.384. The number of fused-ring (bicyclic) bond motifs is 5. The fraction of sp³-hybridized carbons (Fsp3) is 0.258. The van der Waals surface area contributed by atoms with Crippen molar-refractivity contribution >= 4 is 40.7 Å². The highest BCUT2D eigenvalue weighted by atomic mass is 16.6. The first kappa shape index (κ1) is 25.5. The van der Waals surface area contributed by atoms with E-state index in [9.17, 15) is 24.5 Å². The number of hydrogen-bond donors (Lipinski definition) is 0. The van der Waals surface area contributed by atoms with Crippen LogP contribution in [0.5, 0.6) is 5.75 Å². The summed E-state index contributed by atoms with van der Waals surface area (Å²) in [5, 5.41) is 11.4. The number of nitrogens with zero attached hydrogens (tertiary/aromatic N) is 3. The van der Waals surface area contributed by atoms with Gasteiger partial charge in [0.1, 0.15) is 11.8 Å². The standard InChI is InChI=1S/C31H27N3O6/c1-2-3-17-40-23-14-12-21(13-15-23)32-30(36)26-25-16-11-19-7-4-5-10-24(19)33(25)28(27(26)31(32)37)29(35)20-8-6-9-22(18-20)34(38)39/h4-16,18,25-28H,2-3,17H2,1H3/t25-,26+,27-,28+/m1/s1. The van der Waals surface area contributed by atoms with E-state index in [4.69, 9.17) is 4.74 Å². The number of carbonyl (C=O) groups is 3. The number of anilines is 2. The van der Waals surface area contributed by atoms with Gasteiger partial charge in [0, 0.05) is 23.4 Å². The Labute approximate surface area is 230 Å². The Morgan fingerprint density at radius 2 is 1.73 bits per heavy atom. The first-order valence-electron chi connectivity index (χ1n) is 13.4. The van der Waals surface area contributed by atoms with E-state index in [-0.39, 0.29) is 17.2 Å². The van der Waals surface area contributed by atoms with Crippen molar-refractivity contribution in [1.29, 1.82) is 0 Å². The smallest absolute Gasteiger partial charge is 0.270 e. The molecule has 40 heavy (non-hydrogen) atoms. The molecule has 0 unspecified atom stereocenters. The Kier molecular flexibility index (Phi) is 6.42. The lowest BCUT2D eigenvalue weighted by atomic mass is 9.86. The summed E-state index contributed by atoms with van der Waals surface area (Å²) in [6, 6.07) is 18.3.